The monoisotopic (exact) mass is 256 g/mol. The molecule has 0 atom stereocenters. The zero-order valence-electron chi connectivity index (χ0n) is 6.41. The van der Waals surface area contributed by atoms with Crippen LogP contribution >= 0.6 is 28.1 Å². The van der Waals surface area contributed by atoms with Crippen molar-refractivity contribution >= 4 is 45.0 Å². The third-order valence-corrected chi connectivity index (χ3v) is 2.20. The number of hydrogen-bond donors (Lipinski definition) is 2. The van der Waals surface area contributed by atoms with Gasteiger partial charge in [-0.1, -0.05) is 0 Å². The number of nitrogens with zero attached hydrogens (tertiary/aromatic N) is 2. The van der Waals surface area contributed by atoms with E-state index in [4.69, 9.17) is 18.0 Å². The van der Waals surface area contributed by atoms with Gasteiger partial charge in [0.05, 0.1) is 5.39 Å². The second-order valence-corrected chi connectivity index (χ2v) is 3.78. The second-order valence-electron chi connectivity index (χ2n) is 2.48. The SMILES string of the molecule is Nc1[nH]c(=S)nc2ncc(Br)cc12. The number of nitrogen functional groups attached to an aromatic ring is 1. The third-order valence-electron chi connectivity index (χ3n) is 1.57. The van der Waals surface area contributed by atoms with Gasteiger partial charge in [-0.3, -0.25) is 0 Å². The summed E-state index contributed by atoms with van der Waals surface area (Å²) in [6.07, 6.45) is 1.66. The Morgan fingerprint density at radius 3 is 3.08 bits per heavy atom. The molecule has 2 aromatic rings. The molecular weight excluding hydrogens is 252 g/mol. The van der Waals surface area contributed by atoms with E-state index in [0.29, 0.717) is 16.2 Å². The summed E-state index contributed by atoms with van der Waals surface area (Å²) < 4.78 is 1.21. The van der Waals surface area contributed by atoms with Crippen molar-refractivity contribution in [3.8, 4) is 0 Å². The predicted molar refractivity (Wildman–Crippen MR) is 56.8 cm³/mol. The van der Waals surface area contributed by atoms with Crippen LogP contribution in [-0.2, 0) is 0 Å². The largest absolute Gasteiger partial charge is 0.385 e. The van der Waals surface area contributed by atoms with Crippen molar-refractivity contribution in [2.75, 3.05) is 5.73 Å². The van der Waals surface area contributed by atoms with Gasteiger partial charge in [-0.15, -0.1) is 0 Å². The molecule has 0 saturated heterocycles. The Hall–Kier alpha value is -1.01. The molecule has 0 aliphatic carbocycles. The number of fused-ring (bicyclic) bond motifs is 1. The molecule has 0 unspecified atom stereocenters. The molecule has 0 fully saturated rings. The Balaban J connectivity index is 2.95. The van der Waals surface area contributed by atoms with Gasteiger partial charge in [0.25, 0.3) is 0 Å². The normalized spacial score (nSPS) is 10.5. The van der Waals surface area contributed by atoms with E-state index in [1.807, 2.05) is 6.07 Å². The summed E-state index contributed by atoms with van der Waals surface area (Å²) >= 11 is 8.16. The lowest BCUT2D eigenvalue weighted by molar-refractivity contribution is 1.15. The number of pyridine rings is 1. The van der Waals surface area contributed by atoms with Crippen molar-refractivity contribution in [3.63, 3.8) is 0 Å². The molecular formula is C7H5BrN4S. The molecule has 0 spiro atoms. The van der Waals surface area contributed by atoms with Gasteiger partial charge in [-0.2, -0.15) is 4.98 Å². The Kier molecular flexibility index (Phi) is 2.01. The van der Waals surface area contributed by atoms with E-state index in [1.54, 1.807) is 6.20 Å². The van der Waals surface area contributed by atoms with Gasteiger partial charge in [-0.05, 0) is 34.2 Å². The van der Waals surface area contributed by atoms with E-state index in [9.17, 15) is 0 Å². The average Bonchev–Trinajstić information content (AvgIpc) is 2.06. The Labute approximate surface area is 87.3 Å². The smallest absolute Gasteiger partial charge is 0.200 e. The van der Waals surface area contributed by atoms with Gasteiger partial charge < -0.3 is 10.7 Å². The predicted octanol–water partition coefficient (Wildman–Crippen LogP) is 2.03. The van der Waals surface area contributed by atoms with E-state index in [0.717, 1.165) is 9.86 Å². The van der Waals surface area contributed by atoms with E-state index in [1.165, 1.54) is 0 Å². The molecule has 0 aliphatic rings. The Morgan fingerprint density at radius 2 is 2.31 bits per heavy atom. The lowest BCUT2D eigenvalue weighted by Crippen LogP contribution is -1.96. The summed E-state index contributed by atoms with van der Waals surface area (Å²) in [5.41, 5.74) is 6.26. The van der Waals surface area contributed by atoms with Crippen LogP contribution in [0.25, 0.3) is 11.0 Å². The average molecular weight is 257 g/mol. The number of nitrogens with two attached hydrogens (primary N) is 1. The summed E-state index contributed by atoms with van der Waals surface area (Å²) in [6, 6.07) is 1.84. The molecule has 13 heavy (non-hydrogen) atoms. The number of hydrogen-bond acceptors (Lipinski definition) is 4. The van der Waals surface area contributed by atoms with Crippen molar-refractivity contribution < 1.29 is 0 Å². The van der Waals surface area contributed by atoms with Crippen LogP contribution in [0.5, 0.6) is 0 Å². The van der Waals surface area contributed by atoms with Crippen molar-refractivity contribution in [2.45, 2.75) is 0 Å². The quantitative estimate of drug-likeness (QED) is 0.708. The minimum Gasteiger partial charge on any atom is -0.385 e. The molecule has 0 radical (unpaired) electrons. The second kappa shape index (κ2) is 3.04. The molecule has 2 rings (SSSR count). The fourth-order valence-electron chi connectivity index (χ4n) is 1.03. The van der Waals surface area contributed by atoms with Crippen LogP contribution in [0.3, 0.4) is 0 Å². The first-order valence-electron chi connectivity index (χ1n) is 3.48. The highest BCUT2D eigenvalue weighted by Gasteiger charge is 2.01. The third kappa shape index (κ3) is 1.54. The van der Waals surface area contributed by atoms with Crippen LogP contribution in [0.1, 0.15) is 0 Å². The molecule has 0 aromatic carbocycles. The van der Waals surface area contributed by atoms with Crippen LogP contribution in [0.2, 0.25) is 0 Å². The van der Waals surface area contributed by atoms with Gasteiger partial charge in [0, 0.05) is 10.7 Å². The summed E-state index contributed by atoms with van der Waals surface area (Å²) in [6.45, 7) is 0. The van der Waals surface area contributed by atoms with Crippen LogP contribution < -0.4 is 5.73 Å². The first kappa shape index (κ1) is 8.58. The van der Waals surface area contributed by atoms with E-state index in [2.05, 4.69) is 30.9 Å². The maximum Gasteiger partial charge on any atom is 0.200 e. The Morgan fingerprint density at radius 1 is 1.54 bits per heavy atom. The topological polar surface area (TPSA) is 67.6 Å². The first-order chi connectivity index (χ1) is 6.16. The summed E-state index contributed by atoms with van der Waals surface area (Å²) in [5, 5.41) is 0.767. The minimum atomic E-state index is 0.347. The fraction of sp³-hybridized carbons (Fsp3) is 0. The maximum atomic E-state index is 5.70. The van der Waals surface area contributed by atoms with Gasteiger partial charge in [0.1, 0.15) is 5.82 Å². The van der Waals surface area contributed by atoms with E-state index in [-0.39, 0.29) is 0 Å². The molecule has 66 valence electrons. The van der Waals surface area contributed by atoms with Crippen molar-refractivity contribution in [3.05, 3.63) is 21.5 Å². The van der Waals surface area contributed by atoms with Gasteiger partial charge >= 0.3 is 0 Å². The Bertz CT molecular complexity index is 521. The van der Waals surface area contributed by atoms with Crippen LogP contribution in [0, 0.1) is 4.77 Å². The highest BCUT2D eigenvalue weighted by atomic mass is 79.9. The zero-order valence-corrected chi connectivity index (χ0v) is 8.82. The van der Waals surface area contributed by atoms with Gasteiger partial charge in [0.2, 0.25) is 0 Å². The van der Waals surface area contributed by atoms with Crippen LogP contribution in [-0.4, -0.2) is 15.0 Å². The lowest BCUT2D eigenvalue weighted by Gasteiger charge is -2.00. The standard InChI is InChI=1S/C7H5BrN4S/c8-3-1-4-5(9)11-7(13)12-6(4)10-2-3/h1-2H,(H3,9,10,11,12,13). The zero-order chi connectivity index (χ0) is 9.42. The number of H-pyrrole nitrogens is 1. The fourth-order valence-corrected chi connectivity index (χ4v) is 1.55. The molecule has 0 saturated carbocycles. The molecule has 0 bridgehead atoms. The molecule has 2 aromatic heterocycles. The molecule has 6 heteroatoms. The van der Waals surface area contributed by atoms with Crippen LogP contribution in [0.4, 0.5) is 5.82 Å². The molecule has 0 aliphatic heterocycles. The molecule has 3 N–H and O–H groups in total. The number of aromatic nitrogens is 3. The number of anilines is 1. The molecule has 2 heterocycles. The maximum absolute atomic E-state index is 5.70. The first-order valence-corrected chi connectivity index (χ1v) is 4.68. The van der Waals surface area contributed by atoms with Crippen LogP contribution in [0.15, 0.2) is 16.7 Å². The number of halogens is 1. The van der Waals surface area contributed by atoms with Gasteiger partial charge in [0.15, 0.2) is 10.4 Å². The van der Waals surface area contributed by atoms with Gasteiger partial charge in [-0.25, -0.2) is 4.98 Å². The highest BCUT2D eigenvalue weighted by molar-refractivity contribution is 9.10. The summed E-state index contributed by atoms with van der Waals surface area (Å²) in [7, 11) is 0. The van der Waals surface area contributed by atoms with E-state index < -0.39 is 0 Å². The summed E-state index contributed by atoms with van der Waals surface area (Å²) in [4.78, 5) is 10.9. The highest BCUT2D eigenvalue weighted by Crippen LogP contribution is 2.18. The van der Waals surface area contributed by atoms with Crippen molar-refractivity contribution in [2.24, 2.45) is 0 Å². The lowest BCUT2D eigenvalue weighted by atomic mass is 10.3. The number of rotatable bonds is 0. The number of nitrogens with one attached hydrogen (secondary N) is 1. The van der Waals surface area contributed by atoms with Crippen molar-refractivity contribution in [1.29, 1.82) is 0 Å². The minimum absolute atomic E-state index is 0.347. The molecule has 4 nitrogen and oxygen atoms in total. The number of aromatic amines is 1. The molecule has 0 amide bonds. The van der Waals surface area contributed by atoms with E-state index >= 15 is 0 Å². The summed E-state index contributed by atoms with van der Waals surface area (Å²) in [5.74, 6) is 0.490. The van der Waals surface area contributed by atoms with Crippen molar-refractivity contribution in [1.82, 2.24) is 15.0 Å².